The highest BCUT2D eigenvalue weighted by Gasteiger charge is 2.17. The van der Waals surface area contributed by atoms with Gasteiger partial charge < -0.3 is 9.88 Å². The van der Waals surface area contributed by atoms with Crippen LogP contribution in [0.2, 0.25) is 5.02 Å². The maximum absolute atomic E-state index is 12.4. The van der Waals surface area contributed by atoms with Crippen molar-refractivity contribution in [1.82, 2.24) is 19.7 Å². The van der Waals surface area contributed by atoms with Crippen LogP contribution in [0.3, 0.4) is 0 Å². The van der Waals surface area contributed by atoms with Crippen LogP contribution in [0.15, 0.2) is 53.3 Å². The van der Waals surface area contributed by atoms with Crippen LogP contribution < -0.4 is 10.5 Å². The molecule has 0 amide bonds. The van der Waals surface area contributed by atoms with Crippen LogP contribution >= 0.6 is 11.6 Å². The van der Waals surface area contributed by atoms with Crippen molar-refractivity contribution in [3.63, 3.8) is 0 Å². The van der Waals surface area contributed by atoms with E-state index in [9.17, 15) is 4.79 Å². The van der Waals surface area contributed by atoms with Gasteiger partial charge in [0.1, 0.15) is 13.1 Å². The first-order valence-electron chi connectivity index (χ1n) is 9.52. The number of aromatic amines is 1. The van der Waals surface area contributed by atoms with Crippen molar-refractivity contribution in [2.75, 3.05) is 7.05 Å². The van der Waals surface area contributed by atoms with Gasteiger partial charge in [0.15, 0.2) is 5.82 Å². The second-order valence-corrected chi connectivity index (χ2v) is 7.82. The molecule has 2 N–H and O–H groups in total. The lowest BCUT2D eigenvalue weighted by atomic mass is 10.2. The minimum Gasteiger partial charge on any atom is -0.327 e. The molecule has 2 aromatic heterocycles. The van der Waals surface area contributed by atoms with E-state index in [0.29, 0.717) is 28.3 Å². The fraction of sp³-hybridized carbons (Fsp3) is 0.227. The second kappa shape index (κ2) is 7.81. The maximum Gasteiger partial charge on any atom is 0.258 e. The van der Waals surface area contributed by atoms with Crippen molar-refractivity contribution in [3.8, 4) is 5.69 Å². The molecule has 7 heteroatoms. The maximum atomic E-state index is 12.4. The number of nitrogens with zero attached hydrogens (tertiary/aromatic N) is 3. The van der Waals surface area contributed by atoms with Crippen LogP contribution in [0.1, 0.15) is 22.8 Å². The van der Waals surface area contributed by atoms with Crippen LogP contribution in [-0.4, -0.2) is 26.8 Å². The first-order chi connectivity index (χ1) is 13.9. The molecule has 2 aromatic carbocycles. The molecule has 0 saturated carbocycles. The number of hydrogen-bond donors (Lipinski definition) is 2. The lowest BCUT2D eigenvalue weighted by Crippen LogP contribution is -3.06. The van der Waals surface area contributed by atoms with Crippen molar-refractivity contribution < 1.29 is 4.90 Å². The Labute approximate surface area is 173 Å². The summed E-state index contributed by atoms with van der Waals surface area (Å²) in [6.07, 6.45) is 0. The molecule has 1 atom stereocenters. The van der Waals surface area contributed by atoms with Gasteiger partial charge in [-0.3, -0.25) is 4.79 Å². The number of aromatic nitrogens is 4. The van der Waals surface area contributed by atoms with Gasteiger partial charge in [0, 0.05) is 5.02 Å². The molecule has 29 heavy (non-hydrogen) atoms. The number of benzene rings is 2. The van der Waals surface area contributed by atoms with Gasteiger partial charge in [-0.25, -0.2) is 9.67 Å². The molecule has 0 aliphatic rings. The van der Waals surface area contributed by atoms with E-state index in [2.05, 4.69) is 36.1 Å². The number of aryl methyl sites for hydroxylation is 1. The SMILES string of the molecule is Cc1nn(-c2ccccc2)c(C)c1C[NH+](C)Cc1nc2cc(Cl)ccc2c(=O)[nH]1. The van der Waals surface area contributed by atoms with E-state index in [1.54, 1.807) is 18.2 Å². The highest BCUT2D eigenvalue weighted by Crippen LogP contribution is 2.17. The van der Waals surface area contributed by atoms with E-state index >= 15 is 0 Å². The number of H-pyrrole nitrogens is 1. The highest BCUT2D eigenvalue weighted by molar-refractivity contribution is 6.31. The molecule has 0 bridgehead atoms. The molecule has 4 rings (SSSR count). The van der Waals surface area contributed by atoms with E-state index < -0.39 is 0 Å². The molecular weight excluding hydrogens is 386 g/mol. The lowest BCUT2D eigenvalue weighted by molar-refractivity contribution is -0.908. The van der Waals surface area contributed by atoms with E-state index in [4.69, 9.17) is 16.7 Å². The smallest absolute Gasteiger partial charge is 0.258 e. The molecule has 2 heterocycles. The topological polar surface area (TPSA) is 68.0 Å². The minimum absolute atomic E-state index is 0.140. The fourth-order valence-corrected chi connectivity index (χ4v) is 3.81. The molecule has 0 spiro atoms. The Balaban J connectivity index is 1.58. The van der Waals surface area contributed by atoms with Gasteiger partial charge >= 0.3 is 0 Å². The Morgan fingerprint density at radius 2 is 1.86 bits per heavy atom. The van der Waals surface area contributed by atoms with Gasteiger partial charge in [-0.2, -0.15) is 5.10 Å². The van der Waals surface area contributed by atoms with Gasteiger partial charge in [-0.05, 0) is 44.2 Å². The summed E-state index contributed by atoms with van der Waals surface area (Å²) in [4.78, 5) is 21.0. The normalized spacial score (nSPS) is 12.4. The van der Waals surface area contributed by atoms with E-state index in [1.165, 1.54) is 10.5 Å². The number of halogens is 1. The van der Waals surface area contributed by atoms with Gasteiger partial charge in [-0.15, -0.1) is 0 Å². The Hall–Kier alpha value is -2.96. The van der Waals surface area contributed by atoms with E-state index in [1.807, 2.05) is 29.8 Å². The Bertz CT molecular complexity index is 1230. The van der Waals surface area contributed by atoms with Crippen LogP contribution in [0, 0.1) is 13.8 Å². The van der Waals surface area contributed by atoms with Crippen molar-refractivity contribution in [3.05, 3.63) is 86.7 Å². The average Bonchev–Trinajstić information content (AvgIpc) is 2.96. The average molecular weight is 409 g/mol. The standard InChI is InChI=1S/C22H22ClN5O/c1-14-19(15(2)28(26-14)17-7-5-4-6-8-17)12-27(3)13-21-24-20-11-16(23)9-10-18(20)22(29)25-21/h4-11H,12-13H2,1-3H3,(H,24,25,29)/p+1. The van der Waals surface area contributed by atoms with Crippen LogP contribution in [0.4, 0.5) is 0 Å². The zero-order chi connectivity index (χ0) is 20.5. The summed E-state index contributed by atoms with van der Waals surface area (Å²) < 4.78 is 1.98. The molecule has 0 aliphatic heterocycles. The summed E-state index contributed by atoms with van der Waals surface area (Å²) in [5.41, 5.74) is 4.87. The predicted molar refractivity (Wildman–Crippen MR) is 115 cm³/mol. The van der Waals surface area contributed by atoms with Crippen molar-refractivity contribution in [1.29, 1.82) is 0 Å². The largest absolute Gasteiger partial charge is 0.327 e. The summed E-state index contributed by atoms with van der Waals surface area (Å²) >= 11 is 6.06. The molecule has 0 radical (unpaired) electrons. The van der Waals surface area contributed by atoms with Crippen LogP contribution in [0.5, 0.6) is 0 Å². The zero-order valence-corrected chi connectivity index (χ0v) is 17.4. The molecule has 0 aliphatic carbocycles. The number of rotatable bonds is 5. The van der Waals surface area contributed by atoms with Crippen LogP contribution in [-0.2, 0) is 13.1 Å². The van der Waals surface area contributed by atoms with Crippen molar-refractivity contribution in [2.45, 2.75) is 26.9 Å². The zero-order valence-electron chi connectivity index (χ0n) is 16.7. The van der Waals surface area contributed by atoms with E-state index in [-0.39, 0.29) is 5.56 Å². The molecule has 6 nitrogen and oxygen atoms in total. The van der Waals surface area contributed by atoms with Gasteiger partial charge in [0.05, 0.1) is 40.6 Å². The summed E-state index contributed by atoms with van der Waals surface area (Å²) in [6.45, 7) is 5.50. The van der Waals surface area contributed by atoms with Gasteiger partial charge in [-0.1, -0.05) is 29.8 Å². The molecule has 0 fully saturated rings. The quantitative estimate of drug-likeness (QED) is 0.533. The van der Waals surface area contributed by atoms with Gasteiger partial charge in [0.2, 0.25) is 0 Å². The third-order valence-electron chi connectivity index (χ3n) is 5.11. The minimum atomic E-state index is -0.140. The van der Waals surface area contributed by atoms with E-state index in [0.717, 1.165) is 23.6 Å². The Kier molecular flexibility index (Phi) is 5.22. The first-order valence-corrected chi connectivity index (χ1v) is 9.90. The highest BCUT2D eigenvalue weighted by atomic mass is 35.5. The number of fused-ring (bicyclic) bond motifs is 1. The summed E-state index contributed by atoms with van der Waals surface area (Å²) in [5.74, 6) is 0.646. The Morgan fingerprint density at radius 1 is 1.10 bits per heavy atom. The van der Waals surface area contributed by atoms with Crippen molar-refractivity contribution >= 4 is 22.5 Å². The third-order valence-corrected chi connectivity index (χ3v) is 5.34. The first kappa shape index (κ1) is 19.4. The fourth-order valence-electron chi connectivity index (χ4n) is 3.65. The second-order valence-electron chi connectivity index (χ2n) is 7.38. The lowest BCUT2D eigenvalue weighted by Gasteiger charge is -2.14. The molecular formula is C22H23ClN5O+. The van der Waals surface area contributed by atoms with Crippen molar-refractivity contribution in [2.24, 2.45) is 0 Å². The summed E-state index contributed by atoms with van der Waals surface area (Å²) in [6, 6.07) is 15.3. The van der Waals surface area contributed by atoms with Crippen LogP contribution in [0.25, 0.3) is 16.6 Å². The summed E-state index contributed by atoms with van der Waals surface area (Å²) in [5, 5.41) is 5.84. The molecule has 148 valence electrons. The monoisotopic (exact) mass is 408 g/mol. The molecule has 0 saturated heterocycles. The number of hydrogen-bond acceptors (Lipinski definition) is 3. The predicted octanol–water partition coefficient (Wildman–Crippen LogP) is 2.59. The number of nitrogens with one attached hydrogen (secondary N) is 2. The third kappa shape index (κ3) is 3.95. The molecule has 4 aromatic rings. The number of para-hydroxylation sites is 1. The molecule has 1 unspecified atom stereocenters. The number of quaternary nitrogens is 1. The Morgan fingerprint density at radius 3 is 2.62 bits per heavy atom. The summed E-state index contributed by atoms with van der Waals surface area (Å²) in [7, 11) is 2.08. The van der Waals surface area contributed by atoms with Gasteiger partial charge in [0.25, 0.3) is 5.56 Å².